The first-order chi connectivity index (χ1) is 7.31. The largest absolute Gasteiger partial charge is 0.303 e. The van der Waals surface area contributed by atoms with Crippen LogP contribution in [-0.2, 0) is 11.2 Å². The first-order valence-electron chi connectivity index (χ1n) is 5.79. The van der Waals surface area contributed by atoms with Crippen LogP contribution >= 0.6 is 0 Å². The monoisotopic (exact) mass is 208 g/mol. The van der Waals surface area contributed by atoms with Crippen molar-refractivity contribution in [3.63, 3.8) is 0 Å². The minimum atomic E-state index is 0.518. The highest BCUT2D eigenvalue weighted by molar-refractivity contribution is 5.49. The zero-order chi connectivity index (χ0) is 11.1. The number of hydrogen-bond acceptors (Lipinski definition) is 2. The smallest absolute Gasteiger partial charge is 0.120 e. The van der Waals surface area contributed by atoms with Crippen molar-refractivity contribution in [3.8, 4) is 0 Å². The summed E-state index contributed by atoms with van der Waals surface area (Å²) in [6, 6.07) is 2.58. The van der Waals surface area contributed by atoms with Gasteiger partial charge in [-0.2, -0.15) is 5.10 Å². The molecule has 0 saturated heterocycles. The van der Waals surface area contributed by atoms with E-state index >= 15 is 0 Å². The van der Waals surface area contributed by atoms with E-state index in [1.54, 1.807) is 0 Å². The molecule has 3 nitrogen and oxygen atoms in total. The van der Waals surface area contributed by atoms with Crippen LogP contribution in [0.2, 0.25) is 0 Å². The maximum Gasteiger partial charge on any atom is 0.120 e. The number of aromatic nitrogens is 2. The summed E-state index contributed by atoms with van der Waals surface area (Å²) in [5, 5.41) is 4.52. The van der Waals surface area contributed by atoms with Gasteiger partial charge >= 0.3 is 0 Å². The lowest BCUT2D eigenvalue weighted by Gasteiger charge is -2.12. The summed E-state index contributed by atoms with van der Waals surface area (Å²) in [6.45, 7) is 4.36. The second-order valence-electron chi connectivity index (χ2n) is 3.82. The molecule has 0 amide bonds. The summed E-state index contributed by atoms with van der Waals surface area (Å²) < 4.78 is 2.05. The molecule has 0 unspecified atom stereocenters. The third-order valence-corrected chi connectivity index (χ3v) is 2.74. The van der Waals surface area contributed by atoms with Crippen LogP contribution in [0.25, 0.3) is 0 Å². The lowest BCUT2D eigenvalue weighted by Crippen LogP contribution is -2.07. The van der Waals surface area contributed by atoms with Crippen LogP contribution in [0.5, 0.6) is 0 Å². The Balaban J connectivity index is 2.51. The van der Waals surface area contributed by atoms with E-state index in [4.69, 9.17) is 0 Å². The fourth-order valence-corrected chi connectivity index (χ4v) is 1.74. The molecule has 0 aliphatic rings. The fourth-order valence-electron chi connectivity index (χ4n) is 1.74. The Kier molecular flexibility index (Phi) is 5.08. The minimum absolute atomic E-state index is 0.518. The number of carbonyl (C=O) groups excluding carboxylic acids is 1. The van der Waals surface area contributed by atoms with Gasteiger partial charge in [-0.15, -0.1) is 0 Å². The SMILES string of the molecule is CCC(CC)n1ccc(CCCC=O)n1. The van der Waals surface area contributed by atoms with Crippen LogP contribution in [0.3, 0.4) is 0 Å². The van der Waals surface area contributed by atoms with E-state index in [1.807, 2.05) is 6.20 Å². The van der Waals surface area contributed by atoms with Gasteiger partial charge in [0.25, 0.3) is 0 Å². The summed E-state index contributed by atoms with van der Waals surface area (Å²) in [5.74, 6) is 0. The number of aryl methyl sites for hydroxylation is 1. The van der Waals surface area contributed by atoms with Gasteiger partial charge in [-0.3, -0.25) is 4.68 Å². The third kappa shape index (κ3) is 3.50. The Hall–Kier alpha value is -1.12. The molecule has 1 heterocycles. The van der Waals surface area contributed by atoms with E-state index in [-0.39, 0.29) is 0 Å². The van der Waals surface area contributed by atoms with Crippen molar-refractivity contribution >= 4 is 6.29 Å². The van der Waals surface area contributed by atoms with Gasteiger partial charge in [-0.25, -0.2) is 0 Å². The van der Waals surface area contributed by atoms with Crippen LogP contribution in [-0.4, -0.2) is 16.1 Å². The number of carbonyl (C=O) groups is 1. The molecule has 3 heteroatoms. The zero-order valence-electron chi connectivity index (χ0n) is 9.65. The molecule has 0 saturated carbocycles. The summed E-state index contributed by atoms with van der Waals surface area (Å²) >= 11 is 0. The number of aldehydes is 1. The van der Waals surface area contributed by atoms with E-state index in [1.165, 1.54) is 0 Å². The Labute approximate surface area is 91.5 Å². The second-order valence-corrected chi connectivity index (χ2v) is 3.82. The topological polar surface area (TPSA) is 34.9 Å². The fraction of sp³-hybridized carbons (Fsp3) is 0.667. The average Bonchev–Trinajstić information content (AvgIpc) is 2.69. The van der Waals surface area contributed by atoms with Gasteiger partial charge in [0.1, 0.15) is 6.29 Å². The molecule has 1 rings (SSSR count). The summed E-state index contributed by atoms with van der Waals surface area (Å²) in [5.41, 5.74) is 1.10. The van der Waals surface area contributed by atoms with Crippen molar-refractivity contribution in [2.24, 2.45) is 0 Å². The van der Waals surface area contributed by atoms with E-state index in [0.29, 0.717) is 12.5 Å². The highest BCUT2D eigenvalue weighted by Crippen LogP contribution is 2.14. The van der Waals surface area contributed by atoms with E-state index in [9.17, 15) is 4.79 Å². The molecule has 1 aromatic heterocycles. The first kappa shape index (κ1) is 12.0. The summed E-state index contributed by atoms with van der Waals surface area (Å²) in [7, 11) is 0. The maximum atomic E-state index is 10.2. The predicted octanol–water partition coefficient (Wildman–Crippen LogP) is 2.77. The quantitative estimate of drug-likeness (QED) is 0.510. The average molecular weight is 208 g/mol. The predicted molar refractivity (Wildman–Crippen MR) is 60.8 cm³/mol. The molecule has 1 aromatic rings. The number of hydrogen-bond donors (Lipinski definition) is 0. The van der Waals surface area contributed by atoms with Crippen molar-refractivity contribution in [2.75, 3.05) is 0 Å². The Morgan fingerprint density at radius 1 is 1.47 bits per heavy atom. The summed E-state index contributed by atoms with van der Waals surface area (Å²) in [4.78, 5) is 10.2. The Morgan fingerprint density at radius 2 is 2.20 bits per heavy atom. The van der Waals surface area contributed by atoms with Crippen LogP contribution in [0.4, 0.5) is 0 Å². The Bertz CT molecular complexity index is 290. The van der Waals surface area contributed by atoms with E-state index < -0.39 is 0 Å². The summed E-state index contributed by atoms with van der Waals surface area (Å²) in [6.07, 6.45) is 7.71. The van der Waals surface area contributed by atoms with Crippen molar-refractivity contribution in [3.05, 3.63) is 18.0 Å². The standard InChI is InChI=1S/C12H20N2O/c1-3-12(4-2)14-9-8-11(13-14)7-5-6-10-15/h8-10,12H,3-7H2,1-2H3. The molecule has 0 N–H and O–H groups in total. The maximum absolute atomic E-state index is 10.2. The second kappa shape index (κ2) is 6.38. The molecule has 0 bridgehead atoms. The molecule has 0 aromatic carbocycles. The van der Waals surface area contributed by atoms with Crippen molar-refractivity contribution in [2.45, 2.75) is 52.0 Å². The van der Waals surface area contributed by atoms with Gasteiger partial charge in [0.2, 0.25) is 0 Å². The molecular weight excluding hydrogens is 188 g/mol. The van der Waals surface area contributed by atoms with Crippen LogP contribution < -0.4 is 0 Å². The first-order valence-corrected chi connectivity index (χ1v) is 5.79. The third-order valence-electron chi connectivity index (χ3n) is 2.74. The highest BCUT2D eigenvalue weighted by atomic mass is 16.1. The number of unbranched alkanes of at least 4 members (excludes halogenated alkanes) is 1. The highest BCUT2D eigenvalue weighted by Gasteiger charge is 2.07. The minimum Gasteiger partial charge on any atom is -0.303 e. The molecular formula is C12H20N2O. The van der Waals surface area contributed by atoms with Crippen LogP contribution in [0.15, 0.2) is 12.3 Å². The molecule has 0 radical (unpaired) electrons. The Morgan fingerprint density at radius 3 is 2.80 bits per heavy atom. The molecule has 0 spiro atoms. The van der Waals surface area contributed by atoms with Gasteiger partial charge in [0, 0.05) is 12.6 Å². The van der Waals surface area contributed by atoms with Gasteiger partial charge in [-0.1, -0.05) is 13.8 Å². The van der Waals surface area contributed by atoms with Crippen LogP contribution in [0.1, 0.15) is 51.3 Å². The van der Waals surface area contributed by atoms with E-state index in [2.05, 4.69) is 29.7 Å². The number of rotatable bonds is 7. The van der Waals surface area contributed by atoms with E-state index in [0.717, 1.165) is 37.7 Å². The van der Waals surface area contributed by atoms with Gasteiger partial charge in [0.15, 0.2) is 0 Å². The van der Waals surface area contributed by atoms with Crippen molar-refractivity contribution in [1.82, 2.24) is 9.78 Å². The van der Waals surface area contributed by atoms with Crippen molar-refractivity contribution in [1.29, 1.82) is 0 Å². The molecule has 15 heavy (non-hydrogen) atoms. The lowest BCUT2D eigenvalue weighted by molar-refractivity contribution is -0.107. The molecule has 0 fully saturated rings. The molecule has 84 valence electrons. The zero-order valence-corrected chi connectivity index (χ0v) is 9.65. The van der Waals surface area contributed by atoms with Crippen LogP contribution in [0, 0.1) is 0 Å². The van der Waals surface area contributed by atoms with Crippen molar-refractivity contribution < 1.29 is 4.79 Å². The van der Waals surface area contributed by atoms with Gasteiger partial charge < -0.3 is 4.79 Å². The molecule has 0 atom stereocenters. The van der Waals surface area contributed by atoms with Gasteiger partial charge in [-0.05, 0) is 31.7 Å². The van der Waals surface area contributed by atoms with Gasteiger partial charge in [0.05, 0.1) is 11.7 Å². The molecule has 0 aliphatic heterocycles. The molecule has 0 aliphatic carbocycles. The normalized spacial score (nSPS) is 10.9. The lowest BCUT2D eigenvalue weighted by atomic mass is 10.2. The number of nitrogens with zero attached hydrogens (tertiary/aromatic N) is 2.